The molecule has 0 amide bonds. The summed E-state index contributed by atoms with van der Waals surface area (Å²) in [6, 6.07) is 5.94. The molecule has 2 saturated heterocycles. The number of hydrogen-bond acceptors (Lipinski definition) is 48. The Balaban J connectivity index is 0.964. The highest BCUT2D eigenvalue weighted by atomic mass is 16.8. The summed E-state index contributed by atoms with van der Waals surface area (Å²) in [7, 11) is 0. The molecule has 27 N–H and O–H groups in total. The van der Waals surface area contributed by atoms with Crippen LogP contribution >= 0.6 is 0 Å². The number of hydrogen-bond donors (Lipinski definition) is 27. The third-order valence-electron chi connectivity index (χ3n) is 18.3. The van der Waals surface area contributed by atoms with Crippen LogP contribution in [0.25, 0.3) is 11.1 Å². The van der Waals surface area contributed by atoms with Gasteiger partial charge < -0.3 is 195 Å². The van der Waals surface area contributed by atoms with Crippen LogP contribution in [0, 0.1) is 0 Å². The summed E-state index contributed by atoms with van der Waals surface area (Å²) in [6.07, 6.45) is -27.2. The number of ether oxygens (including phenoxy) is 12. The highest BCUT2D eigenvalue weighted by Gasteiger charge is 2.57. The van der Waals surface area contributed by atoms with Crippen LogP contribution in [0.5, 0.6) is 161 Å². The molecule has 9 aromatic rings. The van der Waals surface area contributed by atoms with Gasteiger partial charge >= 0.3 is 53.7 Å². The smallest absolute Gasteiger partial charge is 0.346 e. The number of carbonyl (C=O) groups is 9. The van der Waals surface area contributed by atoms with Crippen LogP contribution in [-0.2, 0) is 52.1 Å². The van der Waals surface area contributed by atoms with E-state index < -0.39 is 351 Å². The summed E-state index contributed by atoms with van der Waals surface area (Å²) >= 11 is 0. The number of esters is 9. The molecule has 0 aromatic heterocycles. The standard InChI is InChI=1S/C75H56O48/c76-26-1-18(2-27(77)47(26)90)65(103)118-61-56(99)42(115-74(122-69(107)22-9-34(84)51(94)35(85)10-22)63(61)120-67(105)20-5-30(80)49(92)31(81)6-20)16-113-73(111)46-40(15-39(89)54(97)59(46)102)114-41-14-25-45(58(101)55(41)98)44-24(13-38(88)53(96)57(44)100)71(109)112-17-43-60(117-72(25)110)62(119-66(104)19-3-28(78)48(91)29(79)4-19)64(121-68(106)21-7-32(82)50(93)33(83)8-21)75(116-43)123-70(108)23-11-36(86)52(95)37(87)12-23/h1-15,42-43,56,60-64,74-102H,16-17H2/t42-,43-,56+,60-,61-,62+,63+,64-,74-,75-/m0/s1. The molecule has 10 atom stereocenters. The van der Waals surface area contributed by atoms with Gasteiger partial charge in [-0.25, -0.2) is 43.2 Å². The number of fused-ring (bicyclic) bond motifs is 4. The van der Waals surface area contributed by atoms with Crippen molar-refractivity contribution in [1.29, 1.82) is 0 Å². The van der Waals surface area contributed by atoms with E-state index in [1.165, 1.54) is 0 Å². The summed E-state index contributed by atoms with van der Waals surface area (Å²) < 4.78 is 67.4. The molecule has 0 spiro atoms. The minimum Gasteiger partial charge on any atom is -0.504 e. The van der Waals surface area contributed by atoms with Gasteiger partial charge in [0.2, 0.25) is 42.0 Å². The van der Waals surface area contributed by atoms with E-state index >= 15 is 4.79 Å². The van der Waals surface area contributed by atoms with Gasteiger partial charge in [-0.15, -0.1) is 0 Å². The number of phenolic OH excluding ortho intramolecular Hbond substituents is 26. The van der Waals surface area contributed by atoms with E-state index in [-0.39, 0.29) is 18.2 Å². The minimum absolute atomic E-state index is 0.183. The number of rotatable bonds is 17. The van der Waals surface area contributed by atoms with Gasteiger partial charge in [-0.05, 0) is 78.9 Å². The number of cyclic esters (lactones) is 1. The van der Waals surface area contributed by atoms with Crippen molar-refractivity contribution in [3.8, 4) is 172 Å². The van der Waals surface area contributed by atoms with E-state index in [1.807, 2.05) is 0 Å². The predicted octanol–water partition coefficient (Wildman–Crippen LogP) is 2.77. The number of phenols is 26. The van der Waals surface area contributed by atoms with Gasteiger partial charge in [-0.2, -0.15) is 0 Å². The zero-order valence-corrected chi connectivity index (χ0v) is 60.5. The molecule has 48 nitrogen and oxygen atoms in total. The quantitative estimate of drug-likeness (QED) is 0.0354. The maximum absolute atomic E-state index is 15.7. The van der Waals surface area contributed by atoms with Crippen LogP contribution in [0.4, 0.5) is 0 Å². The molecule has 3 aliphatic rings. The average Bonchev–Trinajstić information content (AvgIpc) is 1.67. The minimum atomic E-state index is -2.87. The molecule has 644 valence electrons. The summed E-state index contributed by atoms with van der Waals surface area (Å²) in [5.41, 5.74) is -12.9. The van der Waals surface area contributed by atoms with E-state index in [4.69, 9.17) is 56.8 Å². The Hall–Kier alpha value is -17.3. The maximum Gasteiger partial charge on any atom is 0.346 e. The van der Waals surface area contributed by atoms with Gasteiger partial charge in [-0.3, -0.25) is 0 Å². The first-order chi connectivity index (χ1) is 57.8. The third kappa shape index (κ3) is 16.2. The largest absolute Gasteiger partial charge is 0.504 e. The summed E-state index contributed by atoms with van der Waals surface area (Å²) in [5, 5.41) is 289. The van der Waals surface area contributed by atoms with Gasteiger partial charge in [0.1, 0.15) is 42.8 Å². The number of benzene rings is 9. The van der Waals surface area contributed by atoms with Crippen molar-refractivity contribution >= 4 is 53.7 Å². The monoisotopic (exact) mass is 1720 g/mol. The van der Waals surface area contributed by atoms with E-state index in [2.05, 4.69) is 0 Å². The van der Waals surface area contributed by atoms with E-state index in [0.717, 1.165) is 0 Å². The first kappa shape index (κ1) is 85.1. The fourth-order valence-electron chi connectivity index (χ4n) is 12.2. The Morgan fingerprint density at radius 1 is 0.309 bits per heavy atom. The van der Waals surface area contributed by atoms with Crippen molar-refractivity contribution < 1.29 is 238 Å². The van der Waals surface area contributed by atoms with Crippen molar-refractivity contribution in [3.63, 3.8) is 0 Å². The zero-order chi connectivity index (χ0) is 90.0. The molecule has 3 aliphatic heterocycles. The van der Waals surface area contributed by atoms with Crippen LogP contribution in [0.2, 0.25) is 0 Å². The summed E-state index contributed by atoms with van der Waals surface area (Å²) in [4.78, 5) is 130. The second kappa shape index (κ2) is 32.6. The molecular formula is C75H56O48. The van der Waals surface area contributed by atoms with Gasteiger partial charge in [0, 0.05) is 23.3 Å². The van der Waals surface area contributed by atoms with Crippen LogP contribution in [0.3, 0.4) is 0 Å². The van der Waals surface area contributed by atoms with E-state index in [9.17, 15) is 176 Å². The molecule has 9 aromatic carbocycles. The van der Waals surface area contributed by atoms with Crippen molar-refractivity contribution in [2.24, 2.45) is 0 Å². The normalized spacial score (nSPS) is 19.1. The van der Waals surface area contributed by atoms with Crippen molar-refractivity contribution in [3.05, 3.63) is 141 Å². The van der Waals surface area contributed by atoms with Gasteiger partial charge in [-0.1, -0.05) is 0 Å². The molecule has 123 heavy (non-hydrogen) atoms. The number of carbonyl (C=O) groups excluding carboxylic acids is 9. The van der Waals surface area contributed by atoms with Crippen LogP contribution < -0.4 is 4.74 Å². The molecule has 0 saturated carbocycles. The van der Waals surface area contributed by atoms with Gasteiger partial charge in [0.15, 0.2) is 156 Å². The van der Waals surface area contributed by atoms with Crippen molar-refractivity contribution in [2.45, 2.75) is 61.4 Å². The van der Waals surface area contributed by atoms with E-state index in [0.29, 0.717) is 72.8 Å². The number of aliphatic hydroxyl groups excluding tert-OH is 1. The van der Waals surface area contributed by atoms with Crippen LogP contribution in [-0.4, -0.2) is 266 Å². The SMILES string of the molecule is O=C(O[C@@H]1O[C@H]2COC(=O)c3cc(O)c(O)c(O)c3-c3c(cc(Oc4cc(O)c(O)c(O)c4C(=O)OC[C@@H]4O[C@@H](OC(=O)c5cc(O)c(O)c(O)c5)[C@H](OC(=O)c5cc(O)c(O)c(O)c5)[C@@H](OC(=O)c5cc(O)c(O)c(O)c5)[C@@H]4O)c(O)c3O)C(=O)O[C@@H]2[C@@H](OC(=O)c2cc(O)c(O)c(O)c2)[C@@H]1OC(=O)c1cc(O)c(O)c(O)c1)c1cc(O)c(O)c(O)c1. The zero-order valence-electron chi connectivity index (χ0n) is 60.5. The molecule has 0 radical (unpaired) electrons. The van der Waals surface area contributed by atoms with Crippen molar-refractivity contribution in [1.82, 2.24) is 0 Å². The molecule has 0 aliphatic carbocycles. The topological polar surface area (TPSA) is 811 Å². The molecule has 2 fully saturated rings. The Morgan fingerprint density at radius 3 is 1.01 bits per heavy atom. The van der Waals surface area contributed by atoms with E-state index in [1.54, 1.807) is 0 Å². The molecule has 12 rings (SSSR count). The van der Waals surface area contributed by atoms with Gasteiger partial charge in [0.25, 0.3) is 0 Å². The molecule has 48 heteroatoms. The Bertz CT molecular complexity index is 5810. The lowest BCUT2D eigenvalue weighted by atomic mass is 9.91. The molecule has 0 bridgehead atoms. The Labute approximate surface area is 677 Å². The molecule has 3 heterocycles. The van der Waals surface area contributed by atoms with Gasteiger partial charge in [0.05, 0.1) is 44.5 Å². The Kier molecular flexibility index (Phi) is 22.6. The fraction of sp³-hybridized carbons (Fsp3) is 0.160. The Morgan fingerprint density at radius 2 is 0.618 bits per heavy atom. The fourth-order valence-corrected chi connectivity index (χ4v) is 12.2. The maximum atomic E-state index is 15.7. The average molecular weight is 1730 g/mol. The second-order valence-electron chi connectivity index (χ2n) is 26.2. The first-order valence-corrected chi connectivity index (χ1v) is 34.0. The van der Waals surface area contributed by atoms with Crippen LogP contribution in [0.1, 0.15) is 93.2 Å². The second-order valence-corrected chi connectivity index (χ2v) is 26.2. The highest BCUT2D eigenvalue weighted by Crippen LogP contribution is 2.56. The third-order valence-corrected chi connectivity index (χ3v) is 18.3. The lowest BCUT2D eigenvalue weighted by Crippen LogP contribution is -2.63. The van der Waals surface area contributed by atoms with Crippen LogP contribution in [0.15, 0.2) is 91.0 Å². The summed E-state index contributed by atoms with van der Waals surface area (Å²) in [5.74, 6) is -55.7. The summed E-state index contributed by atoms with van der Waals surface area (Å²) in [6.45, 7) is -3.17. The number of aromatic hydroxyl groups is 26. The van der Waals surface area contributed by atoms with Crippen molar-refractivity contribution in [2.75, 3.05) is 13.2 Å². The first-order valence-electron chi connectivity index (χ1n) is 34.0. The molecule has 0 unspecified atom stereocenters. The highest BCUT2D eigenvalue weighted by molar-refractivity contribution is 6.09. The lowest BCUT2D eigenvalue weighted by molar-refractivity contribution is -0.283. The molecular weight excluding hydrogens is 1670 g/mol. The predicted molar refractivity (Wildman–Crippen MR) is 381 cm³/mol. The lowest BCUT2D eigenvalue weighted by Gasteiger charge is -2.43. The number of aliphatic hydroxyl groups is 1.